The van der Waals surface area contributed by atoms with E-state index in [0.29, 0.717) is 17.9 Å². The maximum Gasteiger partial charge on any atom is 0.255 e. The van der Waals surface area contributed by atoms with Gasteiger partial charge in [0, 0.05) is 18.7 Å². The van der Waals surface area contributed by atoms with Crippen molar-refractivity contribution in [2.24, 2.45) is 0 Å². The van der Waals surface area contributed by atoms with Crippen LogP contribution in [0.3, 0.4) is 0 Å². The molecule has 1 N–H and O–H groups in total. The number of hydrogen-bond donors (Lipinski definition) is 1. The first-order valence-corrected chi connectivity index (χ1v) is 13.3. The highest BCUT2D eigenvalue weighted by Gasteiger charge is 2.44. The SMILES string of the molecule is COc1ccc([C@@H]2[C@@H](C(=O)NCCC3=CCCCC3)c3ccccc3C(=O)N2Cc2ccc(F)cc2)cc1. The summed E-state index contributed by atoms with van der Waals surface area (Å²) in [7, 11) is 1.61. The Labute approximate surface area is 223 Å². The average molecular weight is 513 g/mol. The Morgan fingerprint density at radius 3 is 2.50 bits per heavy atom. The molecule has 6 heteroatoms. The summed E-state index contributed by atoms with van der Waals surface area (Å²) in [6.07, 6.45) is 7.78. The third-order valence-corrected chi connectivity index (χ3v) is 7.57. The van der Waals surface area contributed by atoms with Crippen molar-refractivity contribution in [2.45, 2.75) is 50.6 Å². The van der Waals surface area contributed by atoms with Crippen LogP contribution in [0.25, 0.3) is 0 Å². The minimum Gasteiger partial charge on any atom is -0.497 e. The Balaban J connectivity index is 1.52. The van der Waals surface area contributed by atoms with Crippen molar-refractivity contribution in [3.05, 3.63) is 113 Å². The molecule has 0 saturated carbocycles. The lowest BCUT2D eigenvalue weighted by atomic mass is 9.79. The minimum atomic E-state index is -0.599. The van der Waals surface area contributed by atoms with Gasteiger partial charge in [-0.2, -0.15) is 0 Å². The van der Waals surface area contributed by atoms with Crippen LogP contribution in [0.1, 0.15) is 71.1 Å². The highest BCUT2D eigenvalue weighted by atomic mass is 19.1. The van der Waals surface area contributed by atoms with E-state index < -0.39 is 12.0 Å². The molecule has 0 saturated heterocycles. The summed E-state index contributed by atoms with van der Waals surface area (Å²) in [5.41, 5.74) is 4.28. The molecule has 0 radical (unpaired) electrons. The molecule has 5 rings (SSSR count). The number of nitrogens with one attached hydrogen (secondary N) is 1. The number of benzene rings is 3. The van der Waals surface area contributed by atoms with E-state index in [1.807, 2.05) is 42.5 Å². The number of hydrogen-bond acceptors (Lipinski definition) is 3. The fourth-order valence-corrected chi connectivity index (χ4v) is 5.60. The van der Waals surface area contributed by atoms with Crippen LogP contribution in [0.15, 0.2) is 84.4 Å². The van der Waals surface area contributed by atoms with Gasteiger partial charge in [0.1, 0.15) is 11.6 Å². The molecular formula is C32H33FN2O3. The Bertz CT molecular complexity index is 1320. The summed E-state index contributed by atoms with van der Waals surface area (Å²) in [4.78, 5) is 29.5. The standard InChI is InChI=1S/C32H33FN2O3/c1-38-26-17-13-24(14-18-26)30-29(31(36)34-20-19-22-7-3-2-4-8-22)27-9-5-6-10-28(27)32(37)35(30)21-23-11-15-25(33)16-12-23/h5-7,9-18,29-30H,2-4,8,19-21H2,1H3,(H,34,36)/t29-,30+/m0/s1. The van der Waals surface area contributed by atoms with Crippen molar-refractivity contribution >= 4 is 11.8 Å². The summed E-state index contributed by atoms with van der Waals surface area (Å²) >= 11 is 0. The zero-order valence-electron chi connectivity index (χ0n) is 21.7. The molecule has 2 amide bonds. The van der Waals surface area contributed by atoms with Crippen molar-refractivity contribution in [1.82, 2.24) is 10.2 Å². The molecule has 1 aliphatic heterocycles. The number of carbonyl (C=O) groups is 2. The Kier molecular flexibility index (Phi) is 7.87. The lowest BCUT2D eigenvalue weighted by molar-refractivity contribution is -0.124. The first-order chi connectivity index (χ1) is 18.5. The van der Waals surface area contributed by atoms with Crippen LogP contribution in [0.2, 0.25) is 0 Å². The van der Waals surface area contributed by atoms with Crippen LogP contribution in [0.5, 0.6) is 5.75 Å². The van der Waals surface area contributed by atoms with E-state index in [0.717, 1.165) is 36.0 Å². The van der Waals surface area contributed by atoms with E-state index in [2.05, 4.69) is 11.4 Å². The predicted molar refractivity (Wildman–Crippen MR) is 145 cm³/mol. The van der Waals surface area contributed by atoms with Crippen LogP contribution >= 0.6 is 0 Å². The second kappa shape index (κ2) is 11.6. The molecule has 38 heavy (non-hydrogen) atoms. The summed E-state index contributed by atoms with van der Waals surface area (Å²) in [5.74, 6) is -0.490. The van der Waals surface area contributed by atoms with Crippen LogP contribution in [-0.2, 0) is 11.3 Å². The monoisotopic (exact) mass is 512 g/mol. The lowest BCUT2D eigenvalue weighted by Gasteiger charge is -2.42. The van der Waals surface area contributed by atoms with Crippen molar-refractivity contribution < 1.29 is 18.7 Å². The zero-order chi connectivity index (χ0) is 26.5. The van der Waals surface area contributed by atoms with E-state index in [1.165, 1.54) is 30.5 Å². The van der Waals surface area contributed by atoms with Crippen molar-refractivity contribution in [3.8, 4) is 5.75 Å². The number of methoxy groups -OCH3 is 1. The lowest BCUT2D eigenvalue weighted by Crippen LogP contribution is -2.47. The highest BCUT2D eigenvalue weighted by molar-refractivity contribution is 6.01. The van der Waals surface area contributed by atoms with Crippen molar-refractivity contribution in [1.29, 1.82) is 0 Å². The average Bonchev–Trinajstić information content (AvgIpc) is 2.96. The van der Waals surface area contributed by atoms with Crippen LogP contribution in [0.4, 0.5) is 4.39 Å². The van der Waals surface area contributed by atoms with Gasteiger partial charge in [-0.3, -0.25) is 9.59 Å². The van der Waals surface area contributed by atoms with E-state index in [-0.39, 0.29) is 24.2 Å². The first kappa shape index (κ1) is 25.7. The smallest absolute Gasteiger partial charge is 0.255 e. The van der Waals surface area contributed by atoms with Crippen molar-refractivity contribution in [3.63, 3.8) is 0 Å². The first-order valence-electron chi connectivity index (χ1n) is 13.3. The normalized spacial score (nSPS) is 18.9. The number of carbonyl (C=O) groups excluding carboxylic acids is 2. The fraction of sp³-hybridized carbons (Fsp3) is 0.312. The fourth-order valence-electron chi connectivity index (χ4n) is 5.60. The highest BCUT2D eigenvalue weighted by Crippen LogP contribution is 2.44. The zero-order valence-corrected chi connectivity index (χ0v) is 21.7. The van der Waals surface area contributed by atoms with Gasteiger partial charge in [-0.1, -0.05) is 54.1 Å². The van der Waals surface area contributed by atoms with E-state index in [9.17, 15) is 14.0 Å². The number of amides is 2. The van der Waals surface area contributed by atoms with Crippen LogP contribution < -0.4 is 10.1 Å². The Morgan fingerprint density at radius 2 is 1.79 bits per heavy atom. The molecular weight excluding hydrogens is 479 g/mol. The van der Waals surface area contributed by atoms with E-state index >= 15 is 0 Å². The van der Waals surface area contributed by atoms with Crippen LogP contribution in [0, 0.1) is 5.82 Å². The van der Waals surface area contributed by atoms with Gasteiger partial charge in [-0.05, 0) is 79.1 Å². The van der Waals surface area contributed by atoms with E-state index in [4.69, 9.17) is 4.74 Å². The van der Waals surface area contributed by atoms with Gasteiger partial charge in [0.05, 0.1) is 19.1 Å². The summed E-state index contributed by atoms with van der Waals surface area (Å²) < 4.78 is 19.0. The number of allylic oxidation sites excluding steroid dienone is 1. The molecule has 3 aromatic rings. The molecule has 0 aromatic heterocycles. The maximum atomic E-state index is 13.9. The number of rotatable bonds is 8. The maximum absolute atomic E-state index is 13.9. The van der Waals surface area contributed by atoms with Crippen LogP contribution in [-0.4, -0.2) is 30.4 Å². The molecule has 0 spiro atoms. The largest absolute Gasteiger partial charge is 0.497 e. The van der Waals surface area contributed by atoms with E-state index in [1.54, 1.807) is 30.2 Å². The summed E-state index contributed by atoms with van der Waals surface area (Å²) in [5, 5.41) is 3.18. The quantitative estimate of drug-likeness (QED) is 0.359. The van der Waals surface area contributed by atoms with Gasteiger partial charge in [-0.25, -0.2) is 4.39 Å². The molecule has 3 aromatic carbocycles. The molecule has 2 aliphatic rings. The predicted octanol–water partition coefficient (Wildman–Crippen LogP) is 6.32. The topological polar surface area (TPSA) is 58.6 Å². The molecule has 0 fully saturated rings. The summed E-state index contributed by atoms with van der Waals surface area (Å²) in [6.45, 7) is 0.811. The van der Waals surface area contributed by atoms with Gasteiger partial charge < -0.3 is 15.0 Å². The molecule has 0 unspecified atom stereocenters. The van der Waals surface area contributed by atoms with Gasteiger partial charge in [-0.15, -0.1) is 0 Å². The number of nitrogens with zero attached hydrogens (tertiary/aromatic N) is 1. The number of halogens is 1. The third kappa shape index (κ3) is 5.49. The number of fused-ring (bicyclic) bond motifs is 1. The molecule has 5 nitrogen and oxygen atoms in total. The second-order valence-electron chi connectivity index (χ2n) is 9.99. The molecule has 2 atom stereocenters. The minimum absolute atomic E-state index is 0.105. The second-order valence-corrected chi connectivity index (χ2v) is 9.99. The Morgan fingerprint density at radius 1 is 1.03 bits per heavy atom. The molecule has 196 valence electrons. The number of ether oxygens (including phenoxy) is 1. The third-order valence-electron chi connectivity index (χ3n) is 7.57. The van der Waals surface area contributed by atoms with Crippen molar-refractivity contribution in [2.75, 3.05) is 13.7 Å². The van der Waals surface area contributed by atoms with Gasteiger partial charge in [0.15, 0.2) is 0 Å². The van der Waals surface area contributed by atoms with Gasteiger partial charge >= 0.3 is 0 Å². The van der Waals surface area contributed by atoms with Gasteiger partial charge in [0.2, 0.25) is 5.91 Å². The molecule has 1 aliphatic carbocycles. The molecule has 1 heterocycles. The Hall–Kier alpha value is -3.93. The molecule has 0 bridgehead atoms. The summed E-state index contributed by atoms with van der Waals surface area (Å²) in [6, 6.07) is 20.5. The van der Waals surface area contributed by atoms with Gasteiger partial charge in [0.25, 0.3) is 5.91 Å².